The number of hydrogen-bond donors (Lipinski definition) is 1. The summed E-state index contributed by atoms with van der Waals surface area (Å²) < 4.78 is 10.8. The van der Waals surface area contributed by atoms with Gasteiger partial charge in [0.25, 0.3) is 0 Å². The van der Waals surface area contributed by atoms with Crippen molar-refractivity contribution in [3.05, 3.63) is 29.3 Å². The first-order valence-corrected chi connectivity index (χ1v) is 7.28. The van der Waals surface area contributed by atoms with Crippen molar-refractivity contribution in [3.63, 3.8) is 0 Å². The number of benzene rings is 1. The molecular weight excluding hydrogens is 266 g/mol. The first-order valence-electron chi connectivity index (χ1n) is 7.28. The zero-order chi connectivity index (χ0) is 15.1. The predicted molar refractivity (Wildman–Crippen MR) is 82.3 cm³/mol. The van der Waals surface area contributed by atoms with Gasteiger partial charge in [-0.1, -0.05) is 11.8 Å². The Morgan fingerprint density at radius 1 is 1.29 bits per heavy atom. The molecule has 114 valence electrons. The van der Waals surface area contributed by atoms with Crippen molar-refractivity contribution in [1.82, 2.24) is 4.90 Å². The van der Waals surface area contributed by atoms with Crippen molar-refractivity contribution in [1.29, 1.82) is 0 Å². The van der Waals surface area contributed by atoms with E-state index in [1.165, 1.54) is 0 Å². The monoisotopic (exact) mass is 289 g/mol. The Labute approximate surface area is 126 Å². The normalized spacial score (nSPS) is 16.3. The predicted octanol–water partition coefficient (Wildman–Crippen LogP) is 1.65. The molecule has 21 heavy (non-hydrogen) atoms. The van der Waals surface area contributed by atoms with E-state index in [4.69, 9.17) is 14.6 Å². The molecule has 1 aromatic carbocycles. The number of nitrogens with zero attached hydrogens (tertiary/aromatic N) is 1. The molecule has 0 spiro atoms. The second-order valence-corrected chi connectivity index (χ2v) is 5.20. The van der Waals surface area contributed by atoms with Crippen LogP contribution in [-0.4, -0.2) is 50.0 Å². The standard InChI is InChI=1S/C17H23NO3/c1-20-16-7-9-18(10-8-16)13-15-12-14(4-3-11-19)5-6-17(15)21-2/h5-6,12,16,19H,7-11,13H2,1-2H3. The van der Waals surface area contributed by atoms with E-state index in [-0.39, 0.29) is 6.61 Å². The minimum Gasteiger partial charge on any atom is -0.496 e. The topological polar surface area (TPSA) is 41.9 Å². The average molecular weight is 289 g/mol. The molecule has 4 nitrogen and oxygen atoms in total. The molecule has 0 amide bonds. The maximum atomic E-state index is 8.79. The lowest BCUT2D eigenvalue weighted by molar-refractivity contribution is 0.0387. The molecule has 0 aliphatic carbocycles. The van der Waals surface area contributed by atoms with Crippen LogP contribution in [0.15, 0.2) is 18.2 Å². The molecule has 0 atom stereocenters. The summed E-state index contributed by atoms with van der Waals surface area (Å²) in [5.74, 6) is 6.51. The Balaban J connectivity index is 2.07. The fourth-order valence-corrected chi connectivity index (χ4v) is 2.67. The molecule has 4 heteroatoms. The zero-order valence-electron chi connectivity index (χ0n) is 12.8. The molecule has 0 saturated carbocycles. The van der Waals surface area contributed by atoms with E-state index < -0.39 is 0 Å². The average Bonchev–Trinajstić information content (AvgIpc) is 2.54. The van der Waals surface area contributed by atoms with Crippen molar-refractivity contribution >= 4 is 0 Å². The van der Waals surface area contributed by atoms with Crippen molar-refractivity contribution in [2.75, 3.05) is 33.9 Å². The van der Waals surface area contributed by atoms with Gasteiger partial charge in [-0.15, -0.1) is 0 Å². The van der Waals surface area contributed by atoms with Gasteiger partial charge in [0, 0.05) is 37.9 Å². The highest BCUT2D eigenvalue weighted by Gasteiger charge is 2.19. The summed E-state index contributed by atoms with van der Waals surface area (Å²) in [5.41, 5.74) is 2.05. The number of rotatable bonds is 4. The van der Waals surface area contributed by atoms with Crippen LogP contribution >= 0.6 is 0 Å². The molecule has 1 fully saturated rings. The number of methoxy groups -OCH3 is 2. The molecule has 2 rings (SSSR count). The molecule has 1 heterocycles. The third-order valence-electron chi connectivity index (χ3n) is 3.85. The minimum atomic E-state index is -0.119. The number of aliphatic hydroxyl groups is 1. The van der Waals surface area contributed by atoms with Crippen LogP contribution in [0.2, 0.25) is 0 Å². The van der Waals surface area contributed by atoms with E-state index >= 15 is 0 Å². The summed E-state index contributed by atoms with van der Waals surface area (Å²) >= 11 is 0. The van der Waals surface area contributed by atoms with Gasteiger partial charge in [-0.3, -0.25) is 4.90 Å². The summed E-state index contributed by atoms with van der Waals surface area (Å²) in [6.45, 7) is 2.81. The highest BCUT2D eigenvalue weighted by Crippen LogP contribution is 2.23. The van der Waals surface area contributed by atoms with Crippen molar-refractivity contribution in [2.24, 2.45) is 0 Å². The third-order valence-corrected chi connectivity index (χ3v) is 3.85. The second-order valence-electron chi connectivity index (χ2n) is 5.20. The number of piperidine rings is 1. The van der Waals surface area contributed by atoms with Crippen molar-refractivity contribution in [2.45, 2.75) is 25.5 Å². The Hall–Kier alpha value is -1.54. The van der Waals surface area contributed by atoms with Crippen LogP contribution < -0.4 is 4.74 Å². The van der Waals surface area contributed by atoms with E-state index in [9.17, 15) is 0 Å². The molecule has 1 aliphatic rings. The van der Waals surface area contributed by atoms with Crippen LogP contribution in [0.25, 0.3) is 0 Å². The van der Waals surface area contributed by atoms with E-state index in [0.29, 0.717) is 6.10 Å². The molecule has 1 N–H and O–H groups in total. The van der Waals surface area contributed by atoms with Gasteiger partial charge in [0.1, 0.15) is 12.4 Å². The molecule has 0 bridgehead atoms. The summed E-state index contributed by atoms with van der Waals surface area (Å²) in [4.78, 5) is 2.41. The van der Waals surface area contributed by atoms with Gasteiger partial charge in [0.15, 0.2) is 0 Å². The Kier molecular flexibility index (Phi) is 6.06. The number of ether oxygens (including phenoxy) is 2. The van der Waals surface area contributed by atoms with Crippen LogP contribution in [0.1, 0.15) is 24.0 Å². The Bertz CT molecular complexity index is 511. The Morgan fingerprint density at radius 2 is 2.05 bits per heavy atom. The van der Waals surface area contributed by atoms with Gasteiger partial charge in [0.05, 0.1) is 13.2 Å². The summed E-state index contributed by atoms with van der Waals surface area (Å²) in [6.07, 6.45) is 2.54. The molecule has 0 aromatic heterocycles. The molecule has 0 unspecified atom stereocenters. The van der Waals surface area contributed by atoms with Crippen LogP contribution in [-0.2, 0) is 11.3 Å². The lowest BCUT2D eigenvalue weighted by atomic mass is 10.0. The molecule has 0 radical (unpaired) electrons. The van der Waals surface area contributed by atoms with Gasteiger partial charge in [-0.25, -0.2) is 0 Å². The zero-order valence-corrected chi connectivity index (χ0v) is 12.8. The highest BCUT2D eigenvalue weighted by molar-refractivity contribution is 5.44. The van der Waals surface area contributed by atoms with E-state index in [0.717, 1.165) is 49.4 Å². The SMILES string of the molecule is COc1ccc(C#CCO)cc1CN1CCC(OC)CC1. The van der Waals surface area contributed by atoms with Crippen molar-refractivity contribution in [3.8, 4) is 17.6 Å². The summed E-state index contributed by atoms with van der Waals surface area (Å²) in [6, 6.07) is 5.91. The lowest BCUT2D eigenvalue weighted by Crippen LogP contribution is -2.36. The fraction of sp³-hybridized carbons (Fsp3) is 0.529. The quantitative estimate of drug-likeness (QED) is 0.856. The highest BCUT2D eigenvalue weighted by atomic mass is 16.5. The first kappa shape index (κ1) is 15.8. The van der Waals surface area contributed by atoms with E-state index in [2.05, 4.69) is 16.7 Å². The lowest BCUT2D eigenvalue weighted by Gasteiger charge is -2.31. The number of likely N-dealkylation sites (tertiary alicyclic amines) is 1. The number of hydrogen-bond acceptors (Lipinski definition) is 4. The molecular formula is C17H23NO3. The summed E-state index contributed by atoms with van der Waals surface area (Å²) in [5, 5.41) is 8.79. The molecule has 1 aromatic rings. The Morgan fingerprint density at radius 3 is 2.67 bits per heavy atom. The largest absolute Gasteiger partial charge is 0.496 e. The minimum absolute atomic E-state index is 0.119. The van der Waals surface area contributed by atoms with Crippen LogP contribution in [0, 0.1) is 11.8 Å². The molecule has 1 saturated heterocycles. The summed E-state index contributed by atoms with van der Waals surface area (Å²) in [7, 11) is 3.47. The smallest absolute Gasteiger partial charge is 0.123 e. The van der Waals surface area contributed by atoms with Crippen LogP contribution in [0.3, 0.4) is 0 Å². The second kappa shape index (κ2) is 8.04. The van der Waals surface area contributed by atoms with Gasteiger partial charge in [-0.2, -0.15) is 0 Å². The third kappa shape index (κ3) is 4.47. The fourth-order valence-electron chi connectivity index (χ4n) is 2.67. The van der Waals surface area contributed by atoms with Crippen LogP contribution in [0.4, 0.5) is 0 Å². The van der Waals surface area contributed by atoms with Crippen LogP contribution in [0.5, 0.6) is 5.75 Å². The van der Waals surface area contributed by atoms with Gasteiger partial charge in [-0.05, 0) is 31.0 Å². The van der Waals surface area contributed by atoms with Crippen molar-refractivity contribution < 1.29 is 14.6 Å². The maximum Gasteiger partial charge on any atom is 0.123 e. The first-order chi connectivity index (χ1) is 10.3. The van der Waals surface area contributed by atoms with Gasteiger partial charge < -0.3 is 14.6 Å². The van der Waals surface area contributed by atoms with E-state index in [1.54, 1.807) is 14.2 Å². The van der Waals surface area contributed by atoms with Gasteiger partial charge >= 0.3 is 0 Å². The number of aliphatic hydroxyl groups excluding tert-OH is 1. The maximum absolute atomic E-state index is 8.79. The molecule has 1 aliphatic heterocycles. The van der Waals surface area contributed by atoms with Gasteiger partial charge in [0.2, 0.25) is 0 Å². The van der Waals surface area contributed by atoms with E-state index in [1.807, 2.05) is 18.2 Å².